The van der Waals surface area contributed by atoms with Crippen molar-refractivity contribution in [1.29, 1.82) is 0 Å². The summed E-state index contributed by atoms with van der Waals surface area (Å²) in [6.07, 6.45) is 0. The molecule has 0 saturated heterocycles. The molecule has 0 radical (unpaired) electrons. The maximum atomic E-state index is 6.00. The normalized spacial score (nSPS) is 10.8. The van der Waals surface area contributed by atoms with E-state index >= 15 is 0 Å². The molecule has 0 aliphatic carbocycles. The zero-order chi connectivity index (χ0) is 13.4. The van der Waals surface area contributed by atoms with Crippen molar-refractivity contribution in [3.05, 3.63) is 40.9 Å². The Labute approximate surface area is 118 Å². The molecule has 1 aromatic heterocycles. The predicted molar refractivity (Wildman–Crippen MR) is 78.1 cm³/mol. The van der Waals surface area contributed by atoms with Crippen molar-refractivity contribution in [2.75, 3.05) is 12.8 Å². The molecular formula is C14H11BrN2O2. The van der Waals surface area contributed by atoms with Gasteiger partial charge in [0.05, 0.1) is 17.1 Å². The highest BCUT2D eigenvalue weighted by atomic mass is 79.9. The molecule has 0 atom stereocenters. The number of benzene rings is 2. The van der Waals surface area contributed by atoms with E-state index in [1.807, 2.05) is 30.3 Å². The summed E-state index contributed by atoms with van der Waals surface area (Å²) in [5, 5.41) is 0. The second-order valence-corrected chi connectivity index (χ2v) is 4.91. The van der Waals surface area contributed by atoms with Gasteiger partial charge < -0.3 is 14.9 Å². The molecule has 1 heterocycles. The van der Waals surface area contributed by atoms with Crippen molar-refractivity contribution in [1.82, 2.24) is 4.98 Å². The molecule has 0 amide bonds. The maximum Gasteiger partial charge on any atom is 0.229 e. The van der Waals surface area contributed by atoms with Crippen LogP contribution in [0.2, 0.25) is 0 Å². The summed E-state index contributed by atoms with van der Waals surface area (Å²) in [5.41, 5.74) is 8.83. The summed E-state index contributed by atoms with van der Waals surface area (Å²) < 4.78 is 11.8. The van der Waals surface area contributed by atoms with Gasteiger partial charge >= 0.3 is 0 Å². The lowest BCUT2D eigenvalue weighted by Crippen LogP contribution is -1.92. The highest BCUT2D eigenvalue weighted by Crippen LogP contribution is 2.33. The van der Waals surface area contributed by atoms with Gasteiger partial charge in [-0.15, -0.1) is 0 Å². The third kappa shape index (κ3) is 2.06. The number of hydrogen-bond acceptors (Lipinski definition) is 4. The number of hydrogen-bond donors (Lipinski definition) is 1. The van der Waals surface area contributed by atoms with Gasteiger partial charge in [0.1, 0.15) is 11.3 Å². The Morgan fingerprint density at radius 3 is 2.79 bits per heavy atom. The molecular weight excluding hydrogens is 308 g/mol. The van der Waals surface area contributed by atoms with Crippen molar-refractivity contribution < 1.29 is 9.15 Å². The van der Waals surface area contributed by atoms with Gasteiger partial charge in [0.25, 0.3) is 0 Å². The fourth-order valence-electron chi connectivity index (χ4n) is 1.89. The Morgan fingerprint density at radius 2 is 2.11 bits per heavy atom. The molecule has 3 aromatic rings. The third-order valence-electron chi connectivity index (χ3n) is 2.86. The van der Waals surface area contributed by atoms with Gasteiger partial charge in [-0.2, -0.15) is 0 Å². The molecule has 0 aliphatic heterocycles. The molecule has 5 heteroatoms. The molecule has 4 nitrogen and oxygen atoms in total. The number of anilines is 1. The molecule has 3 rings (SSSR count). The number of fused-ring (bicyclic) bond motifs is 1. The first kappa shape index (κ1) is 12.0. The SMILES string of the molecule is COc1ccc(-c2nc3cccc(Br)c3o2)c(N)c1. The minimum absolute atomic E-state index is 0.502. The zero-order valence-electron chi connectivity index (χ0n) is 10.2. The molecule has 19 heavy (non-hydrogen) atoms. The number of nitrogens with two attached hydrogens (primary N) is 1. The predicted octanol–water partition coefficient (Wildman–Crippen LogP) is 3.85. The van der Waals surface area contributed by atoms with Crippen LogP contribution in [0.1, 0.15) is 0 Å². The Kier molecular flexibility index (Phi) is 2.91. The zero-order valence-corrected chi connectivity index (χ0v) is 11.8. The number of methoxy groups -OCH3 is 1. The summed E-state index contributed by atoms with van der Waals surface area (Å²) in [6.45, 7) is 0. The van der Waals surface area contributed by atoms with Crippen LogP contribution in [0.3, 0.4) is 0 Å². The highest BCUT2D eigenvalue weighted by molar-refractivity contribution is 9.10. The van der Waals surface area contributed by atoms with E-state index in [0.29, 0.717) is 22.9 Å². The van der Waals surface area contributed by atoms with Crippen LogP contribution in [-0.4, -0.2) is 12.1 Å². The van der Waals surface area contributed by atoms with Crippen LogP contribution in [0.15, 0.2) is 45.3 Å². The second kappa shape index (κ2) is 4.59. The number of nitrogen functional groups attached to an aromatic ring is 1. The lowest BCUT2D eigenvalue weighted by molar-refractivity contribution is 0.415. The van der Waals surface area contributed by atoms with E-state index in [-0.39, 0.29) is 0 Å². The number of oxazole rings is 1. The van der Waals surface area contributed by atoms with E-state index in [2.05, 4.69) is 20.9 Å². The molecule has 0 aliphatic rings. The van der Waals surface area contributed by atoms with E-state index in [4.69, 9.17) is 14.9 Å². The summed E-state index contributed by atoms with van der Waals surface area (Å²) in [5.74, 6) is 1.21. The van der Waals surface area contributed by atoms with Crippen LogP contribution in [0.5, 0.6) is 5.75 Å². The number of para-hydroxylation sites is 1. The van der Waals surface area contributed by atoms with Crippen molar-refractivity contribution in [3.63, 3.8) is 0 Å². The molecule has 96 valence electrons. The van der Waals surface area contributed by atoms with Gasteiger partial charge in [0.2, 0.25) is 5.89 Å². The van der Waals surface area contributed by atoms with Crippen LogP contribution in [-0.2, 0) is 0 Å². The number of halogens is 1. The first-order valence-corrected chi connectivity index (χ1v) is 6.47. The van der Waals surface area contributed by atoms with E-state index in [0.717, 1.165) is 15.6 Å². The lowest BCUT2D eigenvalue weighted by atomic mass is 10.1. The number of aromatic nitrogens is 1. The first-order valence-electron chi connectivity index (χ1n) is 5.68. The summed E-state index contributed by atoms with van der Waals surface area (Å²) >= 11 is 3.44. The quantitative estimate of drug-likeness (QED) is 0.729. The van der Waals surface area contributed by atoms with Crippen LogP contribution in [0.25, 0.3) is 22.6 Å². The molecule has 0 saturated carbocycles. The highest BCUT2D eigenvalue weighted by Gasteiger charge is 2.13. The Balaban J connectivity index is 2.16. The Morgan fingerprint density at radius 1 is 1.26 bits per heavy atom. The molecule has 0 spiro atoms. The van der Waals surface area contributed by atoms with Gasteiger partial charge in [0, 0.05) is 11.8 Å². The standard InChI is InChI=1S/C14H11BrN2O2/c1-18-8-5-6-9(11(16)7-8)14-17-12-4-2-3-10(15)13(12)19-14/h2-7H,16H2,1H3. The van der Waals surface area contributed by atoms with Gasteiger partial charge in [-0.25, -0.2) is 4.98 Å². The monoisotopic (exact) mass is 318 g/mol. The van der Waals surface area contributed by atoms with E-state index in [1.165, 1.54) is 0 Å². The molecule has 2 N–H and O–H groups in total. The van der Waals surface area contributed by atoms with Crippen LogP contribution < -0.4 is 10.5 Å². The number of nitrogens with zero attached hydrogens (tertiary/aromatic N) is 1. The maximum absolute atomic E-state index is 6.00. The largest absolute Gasteiger partial charge is 0.497 e. The summed E-state index contributed by atoms with van der Waals surface area (Å²) in [7, 11) is 1.60. The average molecular weight is 319 g/mol. The van der Waals surface area contributed by atoms with Crippen LogP contribution in [0, 0.1) is 0 Å². The molecule has 2 aromatic carbocycles. The van der Waals surface area contributed by atoms with Gasteiger partial charge in [-0.3, -0.25) is 0 Å². The molecule has 0 bridgehead atoms. The summed E-state index contributed by atoms with van der Waals surface area (Å²) in [6, 6.07) is 11.1. The van der Waals surface area contributed by atoms with Crippen molar-refractivity contribution in [2.45, 2.75) is 0 Å². The molecule has 0 unspecified atom stereocenters. The van der Waals surface area contributed by atoms with Gasteiger partial charge in [-0.1, -0.05) is 6.07 Å². The third-order valence-corrected chi connectivity index (χ3v) is 3.48. The fraction of sp³-hybridized carbons (Fsp3) is 0.0714. The van der Waals surface area contributed by atoms with Gasteiger partial charge in [0.15, 0.2) is 5.58 Å². The van der Waals surface area contributed by atoms with Crippen molar-refractivity contribution >= 4 is 32.7 Å². The Bertz CT molecular complexity index is 752. The topological polar surface area (TPSA) is 61.3 Å². The lowest BCUT2D eigenvalue weighted by Gasteiger charge is -2.04. The van der Waals surface area contributed by atoms with Crippen LogP contribution >= 0.6 is 15.9 Å². The minimum atomic E-state index is 0.502. The summed E-state index contributed by atoms with van der Waals surface area (Å²) in [4.78, 5) is 4.44. The fourth-order valence-corrected chi connectivity index (χ4v) is 2.33. The smallest absolute Gasteiger partial charge is 0.229 e. The van der Waals surface area contributed by atoms with Crippen molar-refractivity contribution in [2.24, 2.45) is 0 Å². The number of ether oxygens (including phenoxy) is 1. The number of rotatable bonds is 2. The molecule has 0 fully saturated rings. The van der Waals surface area contributed by atoms with E-state index < -0.39 is 0 Å². The Hall–Kier alpha value is -2.01. The van der Waals surface area contributed by atoms with Gasteiger partial charge in [-0.05, 0) is 40.2 Å². The van der Waals surface area contributed by atoms with Crippen LogP contribution in [0.4, 0.5) is 5.69 Å². The minimum Gasteiger partial charge on any atom is -0.497 e. The first-order chi connectivity index (χ1) is 9.19. The van der Waals surface area contributed by atoms with E-state index in [9.17, 15) is 0 Å². The average Bonchev–Trinajstić information content (AvgIpc) is 2.83. The van der Waals surface area contributed by atoms with Crippen molar-refractivity contribution in [3.8, 4) is 17.2 Å². The van der Waals surface area contributed by atoms with E-state index in [1.54, 1.807) is 13.2 Å². The second-order valence-electron chi connectivity index (χ2n) is 4.06.